The Morgan fingerprint density at radius 2 is 2.05 bits per heavy atom. The average molecular weight is 314 g/mol. The summed E-state index contributed by atoms with van der Waals surface area (Å²) in [4.78, 5) is 25.3. The molecule has 6 nitrogen and oxygen atoms in total. The van der Waals surface area contributed by atoms with Crippen LogP contribution in [0.25, 0.3) is 0 Å². The Balaban J connectivity index is 2.81. The molecule has 1 saturated carbocycles. The van der Waals surface area contributed by atoms with Crippen LogP contribution < -0.4 is 5.32 Å². The van der Waals surface area contributed by atoms with Crippen LogP contribution in [0.2, 0.25) is 0 Å². The highest BCUT2D eigenvalue weighted by Gasteiger charge is 2.37. The van der Waals surface area contributed by atoms with E-state index in [1.807, 2.05) is 0 Å². The lowest BCUT2D eigenvalue weighted by Gasteiger charge is -2.39. The van der Waals surface area contributed by atoms with Crippen LogP contribution in [0.15, 0.2) is 0 Å². The van der Waals surface area contributed by atoms with Crippen LogP contribution in [0.1, 0.15) is 53.4 Å². The molecule has 2 unspecified atom stereocenters. The van der Waals surface area contributed by atoms with Gasteiger partial charge in [0.15, 0.2) is 0 Å². The van der Waals surface area contributed by atoms with Gasteiger partial charge in [-0.05, 0) is 39.5 Å². The third kappa shape index (κ3) is 6.22. The second-order valence-electron chi connectivity index (χ2n) is 7.44. The van der Waals surface area contributed by atoms with Crippen LogP contribution in [0.3, 0.4) is 0 Å². The van der Waals surface area contributed by atoms with E-state index in [0.717, 1.165) is 12.8 Å². The van der Waals surface area contributed by atoms with Gasteiger partial charge in [0.2, 0.25) is 5.91 Å². The Morgan fingerprint density at radius 3 is 2.55 bits per heavy atom. The van der Waals surface area contributed by atoms with Crippen molar-refractivity contribution in [2.45, 2.75) is 64.6 Å². The molecule has 128 valence electrons. The number of rotatable bonds is 4. The lowest BCUT2D eigenvalue weighted by Crippen LogP contribution is -2.51. The van der Waals surface area contributed by atoms with E-state index < -0.39 is 17.3 Å². The van der Waals surface area contributed by atoms with Crippen LogP contribution in [0, 0.1) is 5.92 Å². The molecule has 0 radical (unpaired) electrons. The third-order valence-electron chi connectivity index (χ3n) is 3.82. The fraction of sp³-hybridized carbons (Fsp3) is 0.875. The van der Waals surface area contributed by atoms with Crippen LogP contribution in [0.5, 0.6) is 0 Å². The Kier molecular flexibility index (Phi) is 6.23. The van der Waals surface area contributed by atoms with Crippen LogP contribution >= 0.6 is 0 Å². The zero-order valence-corrected chi connectivity index (χ0v) is 14.4. The van der Waals surface area contributed by atoms with Crippen molar-refractivity contribution in [3.63, 3.8) is 0 Å². The van der Waals surface area contributed by atoms with Gasteiger partial charge in [-0.2, -0.15) is 0 Å². The van der Waals surface area contributed by atoms with Gasteiger partial charge in [0.1, 0.15) is 12.1 Å². The molecule has 0 saturated heterocycles. The lowest BCUT2D eigenvalue weighted by molar-refractivity contribution is -0.123. The first-order chi connectivity index (χ1) is 10.0. The molecule has 6 heteroatoms. The van der Waals surface area contributed by atoms with E-state index in [0.29, 0.717) is 18.8 Å². The maximum atomic E-state index is 12.3. The van der Waals surface area contributed by atoms with Crippen molar-refractivity contribution < 1.29 is 19.4 Å². The molecule has 0 aromatic heterocycles. The molecule has 1 rings (SSSR count). The fourth-order valence-corrected chi connectivity index (χ4v) is 2.90. The quantitative estimate of drug-likeness (QED) is 0.831. The minimum absolute atomic E-state index is 0.109. The van der Waals surface area contributed by atoms with Crippen molar-refractivity contribution >= 4 is 12.0 Å². The van der Waals surface area contributed by atoms with Crippen molar-refractivity contribution in [2.24, 2.45) is 5.92 Å². The Hall–Kier alpha value is -1.30. The molecule has 22 heavy (non-hydrogen) atoms. The lowest BCUT2D eigenvalue weighted by atomic mass is 9.78. The molecule has 2 N–H and O–H groups in total. The summed E-state index contributed by atoms with van der Waals surface area (Å²) < 4.78 is 5.35. The maximum absolute atomic E-state index is 12.3. The highest BCUT2D eigenvalue weighted by Crippen LogP contribution is 2.33. The van der Waals surface area contributed by atoms with Crippen LogP contribution in [-0.2, 0) is 9.53 Å². The molecule has 0 aromatic carbocycles. The number of ether oxygens (including phenoxy) is 1. The van der Waals surface area contributed by atoms with E-state index in [1.54, 1.807) is 20.8 Å². The van der Waals surface area contributed by atoms with Crippen molar-refractivity contribution in [1.29, 1.82) is 0 Å². The highest BCUT2D eigenvalue weighted by molar-refractivity contribution is 5.82. The van der Waals surface area contributed by atoms with Gasteiger partial charge in [0.25, 0.3) is 0 Å². The van der Waals surface area contributed by atoms with Gasteiger partial charge in [-0.3, -0.25) is 9.69 Å². The molecule has 2 atom stereocenters. The normalized spacial score (nSPS) is 25.5. The van der Waals surface area contributed by atoms with E-state index >= 15 is 0 Å². The summed E-state index contributed by atoms with van der Waals surface area (Å²) in [6, 6.07) is 0. The number of likely N-dealkylation sites (N-methyl/N-ethyl adjacent to an activating group) is 1. The summed E-state index contributed by atoms with van der Waals surface area (Å²) in [5.41, 5.74) is -1.58. The zero-order chi connectivity index (χ0) is 17.0. The molecule has 0 heterocycles. The fourth-order valence-electron chi connectivity index (χ4n) is 2.90. The summed E-state index contributed by atoms with van der Waals surface area (Å²) in [6.45, 7) is 7.45. The highest BCUT2D eigenvalue weighted by atomic mass is 16.6. The van der Waals surface area contributed by atoms with Crippen molar-refractivity contribution in [3.8, 4) is 0 Å². The van der Waals surface area contributed by atoms with Gasteiger partial charge < -0.3 is 15.2 Å². The summed E-state index contributed by atoms with van der Waals surface area (Å²) in [6.07, 6.45) is 2.73. The first-order valence-electron chi connectivity index (χ1n) is 7.95. The number of hydrogen-bond acceptors (Lipinski definition) is 4. The predicted octanol–water partition coefficient (Wildman–Crippen LogP) is 1.91. The van der Waals surface area contributed by atoms with Crippen molar-refractivity contribution in [3.05, 3.63) is 0 Å². The Labute approximate surface area is 133 Å². The van der Waals surface area contributed by atoms with Crippen LogP contribution in [-0.4, -0.2) is 53.3 Å². The van der Waals surface area contributed by atoms with Crippen LogP contribution in [0.4, 0.5) is 4.79 Å². The molecule has 0 bridgehead atoms. The van der Waals surface area contributed by atoms with Gasteiger partial charge in [0, 0.05) is 7.05 Å². The molecule has 1 aliphatic rings. The van der Waals surface area contributed by atoms with Gasteiger partial charge in [0.05, 0.1) is 12.1 Å². The second-order valence-corrected chi connectivity index (χ2v) is 7.44. The van der Waals surface area contributed by atoms with E-state index in [4.69, 9.17) is 4.74 Å². The first-order valence-corrected chi connectivity index (χ1v) is 7.95. The molecular weight excluding hydrogens is 284 g/mol. The zero-order valence-electron chi connectivity index (χ0n) is 14.4. The van der Waals surface area contributed by atoms with Gasteiger partial charge in [-0.1, -0.05) is 19.8 Å². The number of carbonyl (C=O) groups is 2. The summed E-state index contributed by atoms with van der Waals surface area (Å²) in [5, 5.41) is 13.3. The number of nitrogens with one attached hydrogen (secondary N) is 1. The van der Waals surface area contributed by atoms with Gasteiger partial charge in [-0.25, -0.2) is 4.79 Å². The molecule has 0 spiro atoms. The van der Waals surface area contributed by atoms with E-state index in [9.17, 15) is 14.7 Å². The summed E-state index contributed by atoms with van der Waals surface area (Å²) >= 11 is 0. The van der Waals surface area contributed by atoms with Gasteiger partial charge in [-0.15, -0.1) is 0 Å². The Bertz CT molecular complexity index is 405. The van der Waals surface area contributed by atoms with E-state index in [2.05, 4.69) is 12.2 Å². The average Bonchev–Trinajstić information content (AvgIpc) is 2.35. The molecule has 2 amide bonds. The monoisotopic (exact) mass is 314 g/mol. The molecule has 0 aromatic rings. The first kappa shape index (κ1) is 18.7. The Morgan fingerprint density at radius 1 is 1.41 bits per heavy atom. The summed E-state index contributed by atoms with van der Waals surface area (Å²) in [7, 11) is 1.52. The third-order valence-corrected chi connectivity index (χ3v) is 3.82. The van der Waals surface area contributed by atoms with Crippen molar-refractivity contribution in [1.82, 2.24) is 10.2 Å². The number of nitrogens with zero attached hydrogens (tertiary/aromatic N) is 1. The predicted molar refractivity (Wildman–Crippen MR) is 84.5 cm³/mol. The molecular formula is C16H30N2O4. The standard InChI is InChI=1S/C16H30N2O4/c1-12-7-6-8-16(21,9-12)11-18(10-13(19)17-5)14(20)22-15(2,3)4/h12,21H,6-11H2,1-5H3,(H,17,19). The summed E-state index contributed by atoms with van der Waals surface area (Å²) in [5.74, 6) is 0.137. The second kappa shape index (κ2) is 7.31. The molecule has 1 aliphatic carbocycles. The topological polar surface area (TPSA) is 78.9 Å². The number of hydrogen-bond donors (Lipinski definition) is 2. The van der Waals surface area contributed by atoms with Gasteiger partial charge >= 0.3 is 6.09 Å². The number of aliphatic hydroxyl groups is 1. The number of carbonyl (C=O) groups excluding carboxylic acids is 2. The largest absolute Gasteiger partial charge is 0.444 e. The molecule has 0 aliphatic heterocycles. The maximum Gasteiger partial charge on any atom is 0.410 e. The SMILES string of the molecule is CNC(=O)CN(CC1(O)CCCC(C)C1)C(=O)OC(C)(C)C. The minimum atomic E-state index is -0.942. The minimum Gasteiger partial charge on any atom is -0.444 e. The molecule has 1 fully saturated rings. The number of amides is 2. The van der Waals surface area contributed by atoms with E-state index in [-0.39, 0.29) is 19.0 Å². The van der Waals surface area contributed by atoms with E-state index in [1.165, 1.54) is 11.9 Å². The van der Waals surface area contributed by atoms with Crippen molar-refractivity contribution in [2.75, 3.05) is 20.1 Å². The smallest absolute Gasteiger partial charge is 0.410 e.